The second kappa shape index (κ2) is 8.10. The number of esters is 1. The van der Waals surface area contributed by atoms with Gasteiger partial charge in [0.05, 0.1) is 15.4 Å². The lowest BCUT2D eigenvalue weighted by molar-refractivity contribution is -0.385. The molecule has 31 heavy (non-hydrogen) atoms. The number of carbonyl (C=O) groups excluding carboxylic acids is 4. The quantitative estimate of drug-likeness (QED) is 0.211. The number of Topliss-reactive ketones (excluding diaryl/α,β-unsaturated/α-hetero) is 1. The first-order chi connectivity index (χ1) is 14.6. The van der Waals surface area contributed by atoms with Gasteiger partial charge in [0.1, 0.15) is 11.6 Å². The van der Waals surface area contributed by atoms with Crippen molar-refractivity contribution < 1.29 is 33.8 Å². The number of nitrogens with zero attached hydrogens (tertiary/aromatic N) is 3. The van der Waals surface area contributed by atoms with Gasteiger partial charge in [-0.25, -0.2) is 4.79 Å². The van der Waals surface area contributed by atoms with Gasteiger partial charge in [-0.2, -0.15) is 0 Å². The van der Waals surface area contributed by atoms with Gasteiger partial charge in [-0.1, -0.05) is 18.2 Å². The number of rotatable bonds is 7. The highest BCUT2D eigenvalue weighted by Crippen LogP contribution is 2.32. The summed E-state index contributed by atoms with van der Waals surface area (Å²) in [5.74, 6) is -3.77. The van der Waals surface area contributed by atoms with Gasteiger partial charge in [0.2, 0.25) is 5.78 Å². The van der Waals surface area contributed by atoms with Gasteiger partial charge in [-0.3, -0.25) is 39.5 Å². The van der Waals surface area contributed by atoms with Crippen LogP contribution in [0.4, 0.5) is 11.4 Å². The van der Waals surface area contributed by atoms with Crippen LogP contribution in [-0.2, 0) is 9.53 Å². The van der Waals surface area contributed by atoms with Gasteiger partial charge in [0, 0.05) is 23.8 Å². The number of nitro benzene ring substituents is 2. The molecule has 0 saturated carbocycles. The van der Waals surface area contributed by atoms with Gasteiger partial charge in [-0.15, -0.1) is 0 Å². The summed E-state index contributed by atoms with van der Waals surface area (Å²) in [5, 5.41) is 22.0. The van der Waals surface area contributed by atoms with E-state index in [0.29, 0.717) is 4.90 Å². The Balaban J connectivity index is 1.73. The van der Waals surface area contributed by atoms with Crippen LogP contribution in [0.25, 0.3) is 0 Å². The van der Waals surface area contributed by atoms with Gasteiger partial charge < -0.3 is 4.74 Å². The fraction of sp³-hybridized carbons (Fsp3) is 0.158. The average molecular weight is 427 g/mol. The SMILES string of the molecule is C[C@@H](C(=O)OCC(=O)c1cccc([N+](=O)[O-])c1)N1C(=O)c2cccc([N+](=O)[O-])c2C1=O. The Bertz CT molecular complexity index is 1160. The Hall–Kier alpha value is -4.48. The van der Waals surface area contributed by atoms with Gasteiger partial charge in [-0.05, 0) is 13.0 Å². The first-order valence-electron chi connectivity index (χ1n) is 8.73. The Morgan fingerprint density at radius 2 is 1.71 bits per heavy atom. The van der Waals surface area contributed by atoms with Crippen LogP contribution in [0.15, 0.2) is 42.5 Å². The second-order valence-corrected chi connectivity index (χ2v) is 6.45. The summed E-state index contributed by atoms with van der Waals surface area (Å²) in [5.41, 5.74) is -1.60. The van der Waals surface area contributed by atoms with Crippen LogP contribution in [0.2, 0.25) is 0 Å². The van der Waals surface area contributed by atoms with Crippen LogP contribution in [0, 0.1) is 20.2 Å². The molecule has 1 aliphatic heterocycles. The van der Waals surface area contributed by atoms with E-state index in [2.05, 4.69) is 0 Å². The molecule has 0 fully saturated rings. The number of nitro groups is 2. The Kier molecular flexibility index (Phi) is 5.55. The fourth-order valence-corrected chi connectivity index (χ4v) is 3.03. The Labute approximate surface area is 173 Å². The summed E-state index contributed by atoms with van der Waals surface area (Å²) in [4.78, 5) is 70.6. The van der Waals surface area contributed by atoms with Crippen LogP contribution in [0.3, 0.4) is 0 Å². The largest absolute Gasteiger partial charge is 0.456 e. The molecule has 0 spiro atoms. The summed E-state index contributed by atoms with van der Waals surface area (Å²) in [6.45, 7) is 0.390. The smallest absolute Gasteiger partial charge is 0.329 e. The predicted octanol–water partition coefficient (Wildman–Crippen LogP) is 1.91. The van der Waals surface area contributed by atoms with Crippen LogP contribution in [0.5, 0.6) is 0 Å². The van der Waals surface area contributed by atoms with E-state index in [1.54, 1.807) is 0 Å². The zero-order valence-corrected chi connectivity index (χ0v) is 15.8. The van der Waals surface area contributed by atoms with E-state index in [1.165, 1.54) is 37.3 Å². The van der Waals surface area contributed by atoms with Gasteiger partial charge in [0.25, 0.3) is 23.2 Å². The number of non-ortho nitro benzene ring substituents is 1. The van der Waals surface area contributed by atoms with Crippen molar-refractivity contribution in [2.45, 2.75) is 13.0 Å². The molecule has 1 aliphatic rings. The van der Waals surface area contributed by atoms with Crippen LogP contribution < -0.4 is 0 Å². The van der Waals surface area contributed by atoms with E-state index in [0.717, 1.165) is 12.1 Å². The van der Waals surface area contributed by atoms with Crippen molar-refractivity contribution in [3.63, 3.8) is 0 Å². The van der Waals surface area contributed by atoms with Crippen molar-refractivity contribution in [1.82, 2.24) is 4.90 Å². The van der Waals surface area contributed by atoms with Crippen LogP contribution >= 0.6 is 0 Å². The second-order valence-electron chi connectivity index (χ2n) is 6.45. The summed E-state index contributed by atoms with van der Waals surface area (Å²) in [6.07, 6.45) is 0. The minimum atomic E-state index is -1.47. The van der Waals surface area contributed by atoms with E-state index in [-0.39, 0.29) is 16.8 Å². The van der Waals surface area contributed by atoms with E-state index in [9.17, 15) is 39.4 Å². The topological polar surface area (TPSA) is 167 Å². The molecule has 158 valence electrons. The Morgan fingerprint density at radius 1 is 1.03 bits per heavy atom. The minimum absolute atomic E-state index is 0.0639. The van der Waals surface area contributed by atoms with E-state index in [1.807, 2.05) is 0 Å². The van der Waals surface area contributed by atoms with Crippen molar-refractivity contribution in [2.24, 2.45) is 0 Å². The molecule has 0 N–H and O–H groups in total. The zero-order chi connectivity index (χ0) is 22.9. The third-order valence-corrected chi connectivity index (χ3v) is 4.57. The molecule has 2 amide bonds. The Morgan fingerprint density at radius 3 is 2.35 bits per heavy atom. The third-order valence-electron chi connectivity index (χ3n) is 4.57. The molecule has 0 saturated heterocycles. The lowest BCUT2D eigenvalue weighted by Gasteiger charge is -2.20. The number of carbonyl (C=O) groups is 4. The number of amides is 2. The molecule has 0 radical (unpaired) electrons. The highest BCUT2D eigenvalue weighted by atomic mass is 16.6. The molecule has 1 heterocycles. The first-order valence-corrected chi connectivity index (χ1v) is 8.73. The number of ketones is 1. The molecule has 2 aromatic rings. The number of hydrogen-bond donors (Lipinski definition) is 0. The number of hydrogen-bond acceptors (Lipinski definition) is 9. The number of ether oxygens (including phenoxy) is 1. The van der Waals surface area contributed by atoms with E-state index in [4.69, 9.17) is 4.74 Å². The van der Waals surface area contributed by atoms with Gasteiger partial charge in [0.15, 0.2) is 6.61 Å². The molecular weight excluding hydrogens is 414 g/mol. The van der Waals surface area contributed by atoms with Crippen molar-refractivity contribution in [3.05, 3.63) is 79.4 Å². The minimum Gasteiger partial charge on any atom is -0.456 e. The maximum atomic E-state index is 12.6. The van der Waals surface area contributed by atoms with Crippen molar-refractivity contribution in [2.75, 3.05) is 6.61 Å². The molecule has 2 aromatic carbocycles. The molecule has 0 aromatic heterocycles. The lowest BCUT2D eigenvalue weighted by Crippen LogP contribution is -2.44. The molecule has 0 unspecified atom stereocenters. The number of imide groups is 1. The summed E-state index contributed by atoms with van der Waals surface area (Å²) < 4.78 is 4.87. The van der Waals surface area contributed by atoms with Crippen molar-refractivity contribution in [1.29, 1.82) is 0 Å². The molecular formula is C19H13N3O9. The van der Waals surface area contributed by atoms with Crippen molar-refractivity contribution in [3.8, 4) is 0 Å². The predicted molar refractivity (Wildman–Crippen MR) is 101 cm³/mol. The maximum absolute atomic E-state index is 12.6. The summed E-state index contributed by atoms with van der Waals surface area (Å²) in [7, 11) is 0. The highest BCUT2D eigenvalue weighted by Gasteiger charge is 2.45. The molecule has 12 nitrogen and oxygen atoms in total. The van der Waals surface area contributed by atoms with Crippen LogP contribution in [0.1, 0.15) is 38.0 Å². The summed E-state index contributed by atoms with van der Waals surface area (Å²) >= 11 is 0. The highest BCUT2D eigenvalue weighted by molar-refractivity contribution is 6.24. The molecule has 1 atom stereocenters. The normalized spacial score (nSPS) is 13.5. The first kappa shape index (κ1) is 21.2. The van der Waals surface area contributed by atoms with E-state index >= 15 is 0 Å². The lowest BCUT2D eigenvalue weighted by atomic mass is 10.1. The zero-order valence-electron chi connectivity index (χ0n) is 15.8. The van der Waals surface area contributed by atoms with Crippen LogP contribution in [-0.4, -0.2) is 51.0 Å². The fourth-order valence-electron chi connectivity index (χ4n) is 3.03. The standard InChI is InChI=1S/C19H13N3O9/c1-10(19(26)31-9-15(23)11-4-2-5-12(8-11)21(27)28)20-17(24)13-6-3-7-14(22(29)30)16(13)18(20)25/h2-8,10H,9H2,1H3/t10-/m0/s1. The van der Waals surface area contributed by atoms with Gasteiger partial charge >= 0.3 is 5.97 Å². The maximum Gasteiger partial charge on any atom is 0.329 e. The average Bonchev–Trinajstić information content (AvgIpc) is 3.01. The third kappa shape index (κ3) is 3.85. The number of benzene rings is 2. The molecule has 0 bridgehead atoms. The molecule has 3 rings (SSSR count). The van der Waals surface area contributed by atoms with E-state index < -0.39 is 57.3 Å². The summed E-state index contributed by atoms with van der Waals surface area (Å²) in [6, 6.07) is 6.87. The van der Waals surface area contributed by atoms with Crippen molar-refractivity contribution >= 4 is 34.9 Å². The number of fused-ring (bicyclic) bond motifs is 1. The molecule has 0 aliphatic carbocycles. The monoisotopic (exact) mass is 427 g/mol. The molecule has 12 heteroatoms.